The number of carboxylic acids is 1. The highest BCUT2D eigenvalue weighted by Gasteiger charge is 2.13. The second-order valence-corrected chi connectivity index (χ2v) is 5.81. The van der Waals surface area contributed by atoms with Crippen molar-refractivity contribution in [2.24, 2.45) is 0 Å². The molecule has 1 aliphatic heterocycles. The first-order valence-corrected chi connectivity index (χ1v) is 8.23. The molecule has 0 saturated carbocycles. The standard InChI is InChI=1S/C16H26N4O2/c1-2-7-20(11-10-19-8-5-3-4-6-9-19)15-13-17-14(12-18-15)16(21)22/h12-13H,2-11H2,1H3,(H,21,22). The van der Waals surface area contributed by atoms with Crippen molar-refractivity contribution in [2.45, 2.75) is 39.0 Å². The molecule has 6 heteroatoms. The van der Waals surface area contributed by atoms with E-state index in [4.69, 9.17) is 5.11 Å². The Hall–Kier alpha value is -1.69. The van der Waals surface area contributed by atoms with Gasteiger partial charge in [-0.3, -0.25) is 0 Å². The molecule has 1 aromatic heterocycles. The lowest BCUT2D eigenvalue weighted by Crippen LogP contribution is -2.36. The van der Waals surface area contributed by atoms with Crippen LogP contribution in [0.3, 0.4) is 0 Å². The Bertz CT molecular complexity index is 456. The smallest absolute Gasteiger partial charge is 0.356 e. The number of hydrogen-bond donors (Lipinski definition) is 1. The van der Waals surface area contributed by atoms with E-state index < -0.39 is 5.97 Å². The predicted octanol–water partition coefficient (Wildman–Crippen LogP) is 2.27. The van der Waals surface area contributed by atoms with Gasteiger partial charge in [-0.1, -0.05) is 19.8 Å². The third-order valence-corrected chi connectivity index (χ3v) is 4.06. The van der Waals surface area contributed by atoms with Crippen molar-refractivity contribution in [3.8, 4) is 0 Å². The van der Waals surface area contributed by atoms with E-state index in [9.17, 15) is 4.79 Å². The molecule has 0 radical (unpaired) electrons. The van der Waals surface area contributed by atoms with Crippen LogP contribution in [0.2, 0.25) is 0 Å². The molecule has 0 bridgehead atoms. The lowest BCUT2D eigenvalue weighted by atomic mass is 10.2. The van der Waals surface area contributed by atoms with E-state index in [0.29, 0.717) is 0 Å². The maximum Gasteiger partial charge on any atom is 0.356 e. The molecule has 0 atom stereocenters. The Morgan fingerprint density at radius 3 is 2.45 bits per heavy atom. The van der Waals surface area contributed by atoms with E-state index in [-0.39, 0.29) is 5.69 Å². The average molecular weight is 306 g/mol. The van der Waals surface area contributed by atoms with Crippen LogP contribution in [0.25, 0.3) is 0 Å². The number of hydrogen-bond acceptors (Lipinski definition) is 5. The predicted molar refractivity (Wildman–Crippen MR) is 86.4 cm³/mol. The van der Waals surface area contributed by atoms with Crippen LogP contribution >= 0.6 is 0 Å². The van der Waals surface area contributed by atoms with Gasteiger partial charge in [-0.05, 0) is 32.4 Å². The SMILES string of the molecule is CCCN(CCN1CCCCCC1)c1cnc(C(=O)O)cn1. The number of aromatic nitrogens is 2. The summed E-state index contributed by atoms with van der Waals surface area (Å²) in [6.07, 6.45) is 9.21. The first-order chi connectivity index (χ1) is 10.7. The van der Waals surface area contributed by atoms with Crippen LogP contribution in [-0.2, 0) is 0 Å². The zero-order chi connectivity index (χ0) is 15.8. The van der Waals surface area contributed by atoms with E-state index in [0.717, 1.165) is 31.9 Å². The molecule has 0 amide bonds. The minimum absolute atomic E-state index is 0.00674. The fraction of sp³-hybridized carbons (Fsp3) is 0.688. The lowest BCUT2D eigenvalue weighted by Gasteiger charge is -2.27. The van der Waals surface area contributed by atoms with Gasteiger partial charge in [0.05, 0.1) is 12.4 Å². The fourth-order valence-electron chi connectivity index (χ4n) is 2.83. The van der Waals surface area contributed by atoms with E-state index in [1.807, 2.05) is 0 Å². The molecule has 6 nitrogen and oxygen atoms in total. The van der Waals surface area contributed by atoms with Crippen LogP contribution in [0.15, 0.2) is 12.4 Å². The third kappa shape index (κ3) is 4.94. The Morgan fingerprint density at radius 1 is 1.18 bits per heavy atom. The molecule has 0 spiro atoms. The number of nitrogens with zero attached hydrogens (tertiary/aromatic N) is 4. The van der Waals surface area contributed by atoms with Gasteiger partial charge in [-0.2, -0.15) is 0 Å². The first-order valence-electron chi connectivity index (χ1n) is 8.23. The zero-order valence-corrected chi connectivity index (χ0v) is 13.4. The lowest BCUT2D eigenvalue weighted by molar-refractivity contribution is 0.0690. The van der Waals surface area contributed by atoms with Gasteiger partial charge in [0.2, 0.25) is 0 Å². The summed E-state index contributed by atoms with van der Waals surface area (Å²) in [5.41, 5.74) is -0.00674. The molecular weight excluding hydrogens is 280 g/mol. The highest BCUT2D eigenvalue weighted by atomic mass is 16.4. The Labute approximate surface area is 132 Å². The molecule has 122 valence electrons. The fourth-order valence-corrected chi connectivity index (χ4v) is 2.83. The van der Waals surface area contributed by atoms with Gasteiger partial charge in [0.1, 0.15) is 5.82 Å². The maximum atomic E-state index is 10.8. The Morgan fingerprint density at radius 2 is 1.91 bits per heavy atom. The summed E-state index contributed by atoms with van der Waals surface area (Å²) in [7, 11) is 0. The molecule has 1 saturated heterocycles. The van der Waals surface area contributed by atoms with E-state index in [2.05, 4.69) is 26.7 Å². The largest absolute Gasteiger partial charge is 0.476 e. The summed E-state index contributed by atoms with van der Waals surface area (Å²) in [6, 6.07) is 0. The zero-order valence-electron chi connectivity index (χ0n) is 13.4. The van der Waals surface area contributed by atoms with Crippen molar-refractivity contribution in [1.29, 1.82) is 0 Å². The first kappa shape index (κ1) is 16.7. The molecule has 1 fully saturated rings. The molecule has 1 aromatic rings. The van der Waals surface area contributed by atoms with Crippen LogP contribution in [0.5, 0.6) is 0 Å². The molecule has 0 aliphatic carbocycles. The van der Waals surface area contributed by atoms with Crippen molar-refractivity contribution in [3.05, 3.63) is 18.1 Å². The Balaban J connectivity index is 1.94. The highest BCUT2D eigenvalue weighted by Crippen LogP contribution is 2.12. The minimum atomic E-state index is -1.04. The van der Waals surface area contributed by atoms with Crippen molar-refractivity contribution in [3.63, 3.8) is 0 Å². The number of likely N-dealkylation sites (tertiary alicyclic amines) is 1. The summed E-state index contributed by atoms with van der Waals surface area (Å²) in [5.74, 6) is -0.271. The van der Waals surface area contributed by atoms with Crippen LogP contribution < -0.4 is 4.90 Å². The van der Waals surface area contributed by atoms with Gasteiger partial charge in [0.15, 0.2) is 5.69 Å². The van der Waals surface area contributed by atoms with Crippen LogP contribution in [0.1, 0.15) is 49.5 Å². The Kier molecular flexibility index (Phi) is 6.58. The maximum absolute atomic E-state index is 10.8. The molecule has 22 heavy (non-hydrogen) atoms. The van der Waals surface area contributed by atoms with Crippen LogP contribution in [0, 0.1) is 0 Å². The summed E-state index contributed by atoms with van der Waals surface area (Å²) in [6.45, 7) is 7.36. The number of rotatable bonds is 7. The van der Waals surface area contributed by atoms with E-state index >= 15 is 0 Å². The quantitative estimate of drug-likeness (QED) is 0.833. The van der Waals surface area contributed by atoms with Crippen molar-refractivity contribution < 1.29 is 9.90 Å². The van der Waals surface area contributed by atoms with E-state index in [1.54, 1.807) is 6.20 Å². The minimum Gasteiger partial charge on any atom is -0.476 e. The van der Waals surface area contributed by atoms with Crippen LogP contribution in [-0.4, -0.2) is 58.7 Å². The summed E-state index contributed by atoms with van der Waals surface area (Å²) < 4.78 is 0. The van der Waals surface area contributed by atoms with Gasteiger partial charge in [0, 0.05) is 19.6 Å². The highest BCUT2D eigenvalue weighted by molar-refractivity contribution is 5.84. The monoisotopic (exact) mass is 306 g/mol. The van der Waals surface area contributed by atoms with Gasteiger partial charge < -0.3 is 14.9 Å². The number of carbonyl (C=O) groups is 1. The van der Waals surface area contributed by atoms with E-state index in [1.165, 1.54) is 45.0 Å². The molecule has 1 aliphatic rings. The molecule has 1 N–H and O–H groups in total. The number of aromatic carboxylic acids is 1. The van der Waals surface area contributed by atoms with Crippen molar-refractivity contribution >= 4 is 11.8 Å². The number of carboxylic acid groups (broad SMARTS) is 1. The molecule has 2 rings (SSSR count). The summed E-state index contributed by atoms with van der Waals surface area (Å²) in [4.78, 5) is 23.8. The van der Waals surface area contributed by atoms with Crippen molar-refractivity contribution in [1.82, 2.24) is 14.9 Å². The second-order valence-electron chi connectivity index (χ2n) is 5.81. The average Bonchev–Trinajstić information content (AvgIpc) is 2.80. The molecule has 0 unspecified atom stereocenters. The van der Waals surface area contributed by atoms with Gasteiger partial charge >= 0.3 is 5.97 Å². The van der Waals surface area contributed by atoms with Crippen molar-refractivity contribution in [2.75, 3.05) is 37.6 Å². The number of anilines is 1. The van der Waals surface area contributed by atoms with Gasteiger partial charge in [-0.15, -0.1) is 0 Å². The summed E-state index contributed by atoms with van der Waals surface area (Å²) in [5, 5.41) is 8.90. The molecule has 0 aromatic carbocycles. The summed E-state index contributed by atoms with van der Waals surface area (Å²) >= 11 is 0. The third-order valence-electron chi connectivity index (χ3n) is 4.06. The molecular formula is C16H26N4O2. The van der Waals surface area contributed by atoms with Gasteiger partial charge in [0.25, 0.3) is 0 Å². The normalized spacial score (nSPS) is 16.2. The van der Waals surface area contributed by atoms with Crippen LogP contribution in [0.4, 0.5) is 5.82 Å². The topological polar surface area (TPSA) is 69.6 Å². The molecule has 2 heterocycles. The second kappa shape index (κ2) is 8.68. The van der Waals surface area contributed by atoms with Gasteiger partial charge in [-0.25, -0.2) is 14.8 Å².